The lowest BCUT2D eigenvalue weighted by Gasteiger charge is -2.09. The highest BCUT2D eigenvalue weighted by atomic mass is 32.2. The molecule has 0 heterocycles. The van der Waals surface area contributed by atoms with E-state index < -0.39 is 16.0 Å². The first-order valence-electron chi connectivity index (χ1n) is 10.8. The lowest BCUT2D eigenvalue weighted by atomic mass is 10.1. The van der Waals surface area contributed by atoms with Crippen LogP contribution in [0.1, 0.15) is 22.8 Å². The summed E-state index contributed by atoms with van der Waals surface area (Å²) >= 11 is 0. The van der Waals surface area contributed by atoms with Crippen LogP contribution < -0.4 is 9.50 Å². The van der Waals surface area contributed by atoms with Gasteiger partial charge in [0, 0.05) is 5.56 Å². The topological polar surface area (TPSA) is 113 Å². The average Bonchev–Trinajstić information content (AvgIpc) is 2.88. The molecule has 0 atom stereocenters. The SMILES string of the molecule is CC(=O)c1ccccc1NC(=O)/C(C#N)=C\c1ccc(OS(=O)(=O)c2ccc3ccccc3c2)cc1. The van der Waals surface area contributed by atoms with Crippen molar-refractivity contribution < 1.29 is 22.2 Å². The molecule has 178 valence electrons. The summed E-state index contributed by atoms with van der Waals surface area (Å²) < 4.78 is 30.7. The summed E-state index contributed by atoms with van der Waals surface area (Å²) in [6.45, 7) is 1.38. The molecule has 0 aliphatic carbocycles. The summed E-state index contributed by atoms with van der Waals surface area (Å²) in [4.78, 5) is 24.4. The van der Waals surface area contributed by atoms with E-state index in [1.54, 1.807) is 36.4 Å². The fourth-order valence-corrected chi connectivity index (χ4v) is 4.49. The van der Waals surface area contributed by atoms with Crippen molar-refractivity contribution >= 4 is 44.3 Å². The maximum atomic E-state index is 12.7. The number of anilines is 1. The Balaban J connectivity index is 1.50. The van der Waals surface area contributed by atoms with Gasteiger partial charge < -0.3 is 9.50 Å². The fourth-order valence-electron chi connectivity index (χ4n) is 3.52. The number of Topliss-reactive ketones (excluding diaryl/α,β-unsaturated/α-hetero) is 1. The van der Waals surface area contributed by atoms with E-state index >= 15 is 0 Å². The quantitative estimate of drug-likeness (QED) is 0.160. The molecule has 1 N–H and O–H groups in total. The highest BCUT2D eigenvalue weighted by Crippen LogP contribution is 2.24. The standard InChI is InChI=1S/C28H20N2O5S/c1-19(31)26-8-4-5-9-27(26)30-28(32)23(18-29)16-20-10-13-24(14-11-20)35-36(33,34)25-15-12-21-6-2-3-7-22(21)17-25/h2-17H,1H3,(H,30,32)/b23-16-. The van der Waals surface area contributed by atoms with Gasteiger partial charge in [0.2, 0.25) is 0 Å². The molecule has 0 aromatic heterocycles. The number of benzene rings is 4. The molecule has 8 heteroatoms. The molecule has 0 bridgehead atoms. The zero-order chi connectivity index (χ0) is 25.7. The van der Waals surface area contributed by atoms with Crippen LogP contribution in [0.5, 0.6) is 5.75 Å². The van der Waals surface area contributed by atoms with Crippen LogP contribution in [0.3, 0.4) is 0 Å². The number of nitrogens with zero attached hydrogens (tertiary/aromatic N) is 1. The average molecular weight is 497 g/mol. The number of carbonyl (C=O) groups excluding carboxylic acids is 2. The van der Waals surface area contributed by atoms with Crippen LogP contribution in [0.2, 0.25) is 0 Å². The third-order valence-electron chi connectivity index (χ3n) is 5.33. The Morgan fingerprint density at radius 2 is 1.56 bits per heavy atom. The molecule has 4 aromatic rings. The van der Waals surface area contributed by atoms with E-state index in [0.29, 0.717) is 16.8 Å². The summed E-state index contributed by atoms with van der Waals surface area (Å²) in [5.41, 5.74) is 0.930. The fraction of sp³-hybridized carbons (Fsp3) is 0.0357. The molecule has 36 heavy (non-hydrogen) atoms. The van der Waals surface area contributed by atoms with Crippen molar-refractivity contribution in [3.8, 4) is 11.8 Å². The van der Waals surface area contributed by atoms with Crippen molar-refractivity contribution in [2.24, 2.45) is 0 Å². The van der Waals surface area contributed by atoms with Crippen LogP contribution in [0.25, 0.3) is 16.8 Å². The van der Waals surface area contributed by atoms with Gasteiger partial charge in [0.05, 0.1) is 5.69 Å². The van der Waals surface area contributed by atoms with Gasteiger partial charge in [-0.1, -0.05) is 54.6 Å². The number of rotatable bonds is 7. The largest absolute Gasteiger partial charge is 0.379 e. The molecule has 0 aliphatic rings. The summed E-state index contributed by atoms with van der Waals surface area (Å²) in [5.74, 6) is -0.813. The van der Waals surface area contributed by atoms with E-state index in [2.05, 4.69) is 5.32 Å². The Morgan fingerprint density at radius 1 is 0.889 bits per heavy atom. The zero-order valence-corrected chi connectivity index (χ0v) is 20.0. The van der Waals surface area contributed by atoms with E-state index in [1.165, 1.54) is 43.3 Å². The molecule has 0 fully saturated rings. The van der Waals surface area contributed by atoms with E-state index in [9.17, 15) is 23.3 Å². The van der Waals surface area contributed by atoms with Crippen molar-refractivity contribution in [2.45, 2.75) is 11.8 Å². The first-order valence-corrected chi connectivity index (χ1v) is 12.2. The monoisotopic (exact) mass is 496 g/mol. The van der Waals surface area contributed by atoms with E-state index in [-0.39, 0.29) is 22.0 Å². The van der Waals surface area contributed by atoms with Crippen LogP contribution >= 0.6 is 0 Å². The molecule has 0 saturated heterocycles. The molecule has 7 nitrogen and oxygen atoms in total. The molecule has 0 radical (unpaired) electrons. The minimum Gasteiger partial charge on any atom is -0.379 e. The van der Waals surface area contributed by atoms with Gasteiger partial charge in [-0.25, -0.2) is 0 Å². The Hall–Kier alpha value is -4.74. The summed E-state index contributed by atoms with van der Waals surface area (Å²) in [5, 5.41) is 13.7. The summed E-state index contributed by atoms with van der Waals surface area (Å²) in [6, 6.07) is 26.4. The summed E-state index contributed by atoms with van der Waals surface area (Å²) in [6.07, 6.45) is 1.35. The molecular formula is C28H20N2O5S. The number of hydrogen-bond donors (Lipinski definition) is 1. The second-order valence-corrected chi connectivity index (χ2v) is 9.39. The first kappa shape index (κ1) is 24.4. The van der Waals surface area contributed by atoms with E-state index in [0.717, 1.165) is 10.8 Å². The zero-order valence-electron chi connectivity index (χ0n) is 19.1. The van der Waals surface area contributed by atoms with Gasteiger partial charge in [-0.2, -0.15) is 13.7 Å². The van der Waals surface area contributed by atoms with Gasteiger partial charge in [0.15, 0.2) is 5.78 Å². The maximum Gasteiger partial charge on any atom is 0.339 e. The Morgan fingerprint density at radius 3 is 2.25 bits per heavy atom. The van der Waals surface area contributed by atoms with Crippen molar-refractivity contribution in [3.63, 3.8) is 0 Å². The first-order chi connectivity index (χ1) is 17.3. The van der Waals surface area contributed by atoms with Gasteiger partial charge >= 0.3 is 10.1 Å². The molecule has 0 aliphatic heterocycles. The van der Waals surface area contributed by atoms with Gasteiger partial charge in [0.1, 0.15) is 22.3 Å². The molecular weight excluding hydrogens is 476 g/mol. The lowest BCUT2D eigenvalue weighted by Crippen LogP contribution is -2.15. The third kappa shape index (κ3) is 5.49. The number of amides is 1. The highest BCUT2D eigenvalue weighted by molar-refractivity contribution is 7.87. The number of para-hydroxylation sites is 1. The van der Waals surface area contributed by atoms with Crippen molar-refractivity contribution in [2.75, 3.05) is 5.32 Å². The second kappa shape index (κ2) is 10.3. The molecule has 0 saturated carbocycles. The van der Waals surface area contributed by atoms with Crippen molar-refractivity contribution in [3.05, 3.63) is 108 Å². The highest BCUT2D eigenvalue weighted by Gasteiger charge is 2.17. The van der Waals surface area contributed by atoms with Crippen molar-refractivity contribution in [1.82, 2.24) is 0 Å². The predicted molar refractivity (Wildman–Crippen MR) is 137 cm³/mol. The van der Waals surface area contributed by atoms with Crippen molar-refractivity contribution in [1.29, 1.82) is 5.26 Å². The number of nitrogens with one attached hydrogen (secondary N) is 1. The number of hydrogen-bond acceptors (Lipinski definition) is 6. The molecule has 0 spiro atoms. The molecule has 4 aromatic carbocycles. The van der Waals surface area contributed by atoms with Crippen LogP contribution in [-0.2, 0) is 14.9 Å². The number of ketones is 1. The minimum absolute atomic E-state index is 0.0273. The Labute approximate surface area is 208 Å². The van der Waals surface area contributed by atoms with Gasteiger partial charge in [-0.15, -0.1) is 0 Å². The van der Waals surface area contributed by atoms with Crippen LogP contribution in [0.15, 0.2) is 101 Å². The lowest BCUT2D eigenvalue weighted by molar-refractivity contribution is -0.112. The molecule has 0 unspecified atom stereocenters. The van der Waals surface area contributed by atoms with Crippen LogP contribution in [-0.4, -0.2) is 20.1 Å². The number of carbonyl (C=O) groups is 2. The van der Waals surface area contributed by atoms with Gasteiger partial charge in [0.25, 0.3) is 5.91 Å². The molecule has 4 rings (SSSR count). The normalized spacial score (nSPS) is 11.5. The van der Waals surface area contributed by atoms with E-state index in [4.69, 9.17) is 4.18 Å². The van der Waals surface area contributed by atoms with Crippen LogP contribution in [0.4, 0.5) is 5.69 Å². The molecule has 1 amide bonds. The van der Waals surface area contributed by atoms with Crippen LogP contribution in [0, 0.1) is 11.3 Å². The Bertz CT molecular complexity index is 1650. The minimum atomic E-state index is -4.06. The second-order valence-electron chi connectivity index (χ2n) is 7.84. The number of fused-ring (bicyclic) bond motifs is 1. The van der Waals surface area contributed by atoms with Gasteiger partial charge in [-0.3, -0.25) is 9.59 Å². The number of nitriles is 1. The smallest absolute Gasteiger partial charge is 0.339 e. The van der Waals surface area contributed by atoms with E-state index in [1.807, 2.05) is 30.3 Å². The predicted octanol–water partition coefficient (Wildman–Crippen LogP) is 5.36. The maximum absolute atomic E-state index is 12.7. The third-order valence-corrected chi connectivity index (χ3v) is 6.57. The van der Waals surface area contributed by atoms with Gasteiger partial charge in [-0.05, 0) is 65.7 Å². The Kier molecular flexibility index (Phi) is 6.95. The summed E-state index contributed by atoms with van der Waals surface area (Å²) in [7, 11) is -4.06.